The van der Waals surface area contributed by atoms with Crippen molar-refractivity contribution in [3.05, 3.63) is 82.9 Å². The van der Waals surface area contributed by atoms with Crippen LogP contribution >= 0.6 is 0 Å². The summed E-state index contributed by atoms with van der Waals surface area (Å²) in [4.78, 5) is 15.4. The molecule has 0 atom stereocenters. The van der Waals surface area contributed by atoms with Crippen LogP contribution in [0.1, 0.15) is 52.6 Å². The van der Waals surface area contributed by atoms with Crippen LogP contribution in [0.25, 0.3) is 0 Å². The van der Waals surface area contributed by atoms with Gasteiger partial charge >= 0.3 is 5.97 Å². The highest BCUT2D eigenvalue weighted by Crippen LogP contribution is 2.14. The molecule has 1 heterocycles. The average molecular weight is 335 g/mol. The van der Waals surface area contributed by atoms with E-state index in [1.807, 2.05) is 10.7 Å². The molecule has 5 heteroatoms. The highest BCUT2D eigenvalue weighted by atomic mass is 16.4. The molecule has 0 spiro atoms. The summed E-state index contributed by atoms with van der Waals surface area (Å²) in [5.41, 5.74) is 3.61. The Morgan fingerprint density at radius 2 is 1.80 bits per heavy atom. The van der Waals surface area contributed by atoms with E-state index in [2.05, 4.69) is 48.2 Å². The second-order valence-electron chi connectivity index (χ2n) is 6.45. The molecule has 0 bridgehead atoms. The summed E-state index contributed by atoms with van der Waals surface area (Å²) in [6.45, 7) is 4.84. The van der Waals surface area contributed by atoms with Crippen molar-refractivity contribution in [3.8, 4) is 0 Å². The summed E-state index contributed by atoms with van der Waals surface area (Å²) in [5.74, 6) is 0.283. The minimum Gasteiger partial charge on any atom is -0.478 e. The molecule has 3 aromatic rings. The summed E-state index contributed by atoms with van der Waals surface area (Å²) in [5, 5.41) is 13.5. The zero-order valence-electron chi connectivity index (χ0n) is 14.4. The molecule has 0 fully saturated rings. The number of benzene rings is 2. The van der Waals surface area contributed by atoms with E-state index in [1.165, 1.54) is 0 Å². The highest BCUT2D eigenvalue weighted by molar-refractivity contribution is 5.87. The number of aromatic carboxylic acids is 1. The topological polar surface area (TPSA) is 68.0 Å². The Morgan fingerprint density at radius 1 is 1.08 bits per heavy atom. The fourth-order valence-corrected chi connectivity index (χ4v) is 2.65. The molecule has 0 amide bonds. The average Bonchev–Trinajstić information content (AvgIpc) is 3.06. The molecule has 0 saturated carbocycles. The van der Waals surface area contributed by atoms with Crippen molar-refractivity contribution in [2.75, 3.05) is 0 Å². The van der Waals surface area contributed by atoms with Crippen LogP contribution in [-0.2, 0) is 13.0 Å². The zero-order valence-corrected chi connectivity index (χ0v) is 14.4. The van der Waals surface area contributed by atoms with Crippen LogP contribution in [0.3, 0.4) is 0 Å². The van der Waals surface area contributed by atoms with E-state index in [9.17, 15) is 4.79 Å². The third kappa shape index (κ3) is 4.32. The largest absolute Gasteiger partial charge is 0.478 e. The molecule has 0 radical (unpaired) electrons. The SMILES string of the molecule is CC(C)c1ncn(Cc2ccc(Cc3cccc(C(=O)O)c3)cc2)n1. The first-order valence-corrected chi connectivity index (χ1v) is 8.30. The van der Waals surface area contributed by atoms with Gasteiger partial charge in [-0.1, -0.05) is 50.2 Å². The lowest BCUT2D eigenvalue weighted by Crippen LogP contribution is -2.02. The first-order valence-electron chi connectivity index (χ1n) is 8.30. The highest BCUT2D eigenvalue weighted by Gasteiger charge is 2.06. The number of rotatable bonds is 6. The van der Waals surface area contributed by atoms with E-state index in [0.717, 1.165) is 22.5 Å². The Kier molecular flexibility index (Phi) is 4.93. The van der Waals surface area contributed by atoms with E-state index in [-0.39, 0.29) is 0 Å². The molecule has 1 N–H and O–H groups in total. The number of hydrogen-bond acceptors (Lipinski definition) is 3. The van der Waals surface area contributed by atoms with Gasteiger partial charge in [-0.05, 0) is 35.2 Å². The van der Waals surface area contributed by atoms with E-state index in [0.29, 0.717) is 24.4 Å². The van der Waals surface area contributed by atoms with Crippen molar-refractivity contribution >= 4 is 5.97 Å². The fraction of sp³-hybridized carbons (Fsp3) is 0.250. The van der Waals surface area contributed by atoms with Gasteiger partial charge < -0.3 is 5.11 Å². The van der Waals surface area contributed by atoms with E-state index >= 15 is 0 Å². The number of aromatic nitrogens is 3. The first kappa shape index (κ1) is 16.9. The van der Waals surface area contributed by atoms with Crippen LogP contribution in [-0.4, -0.2) is 25.8 Å². The lowest BCUT2D eigenvalue weighted by atomic mass is 10.0. The molecule has 0 aliphatic rings. The van der Waals surface area contributed by atoms with Gasteiger partial charge in [0.15, 0.2) is 5.82 Å². The van der Waals surface area contributed by atoms with Gasteiger partial charge in [0, 0.05) is 5.92 Å². The molecule has 5 nitrogen and oxygen atoms in total. The van der Waals surface area contributed by atoms with Crippen molar-refractivity contribution in [1.29, 1.82) is 0 Å². The summed E-state index contributed by atoms with van der Waals surface area (Å²) in [7, 11) is 0. The Hall–Kier alpha value is -2.95. The van der Waals surface area contributed by atoms with Crippen molar-refractivity contribution in [2.45, 2.75) is 32.7 Å². The second kappa shape index (κ2) is 7.30. The van der Waals surface area contributed by atoms with Crippen LogP contribution in [0.15, 0.2) is 54.9 Å². The Morgan fingerprint density at radius 3 is 2.44 bits per heavy atom. The molecule has 0 aliphatic heterocycles. The van der Waals surface area contributed by atoms with Gasteiger partial charge in [0.1, 0.15) is 6.33 Å². The fourth-order valence-electron chi connectivity index (χ4n) is 2.65. The Balaban J connectivity index is 1.67. The first-order chi connectivity index (χ1) is 12.0. The molecule has 0 saturated heterocycles. The molecule has 25 heavy (non-hydrogen) atoms. The summed E-state index contributed by atoms with van der Waals surface area (Å²) < 4.78 is 1.85. The van der Waals surface area contributed by atoms with Crippen molar-refractivity contribution in [2.24, 2.45) is 0 Å². The van der Waals surface area contributed by atoms with Crippen LogP contribution < -0.4 is 0 Å². The third-order valence-electron chi connectivity index (χ3n) is 4.02. The predicted molar refractivity (Wildman–Crippen MR) is 95.9 cm³/mol. The number of carbonyl (C=O) groups is 1. The molecular formula is C20H21N3O2. The minimum absolute atomic E-state index is 0.321. The normalized spacial score (nSPS) is 11.0. The van der Waals surface area contributed by atoms with Gasteiger partial charge in [-0.15, -0.1) is 0 Å². The quantitative estimate of drug-likeness (QED) is 0.745. The molecule has 3 rings (SSSR count). The summed E-state index contributed by atoms with van der Waals surface area (Å²) in [6, 6.07) is 15.4. The Labute approximate surface area is 147 Å². The summed E-state index contributed by atoms with van der Waals surface area (Å²) in [6.07, 6.45) is 2.48. The van der Waals surface area contributed by atoms with Crippen molar-refractivity contribution in [3.63, 3.8) is 0 Å². The number of hydrogen-bond donors (Lipinski definition) is 1. The van der Waals surface area contributed by atoms with E-state index in [4.69, 9.17) is 5.11 Å². The number of nitrogens with zero attached hydrogens (tertiary/aromatic N) is 3. The van der Waals surface area contributed by atoms with Gasteiger partial charge in [0.25, 0.3) is 0 Å². The Bertz CT molecular complexity index is 867. The monoisotopic (exact) mass is 335 g/mol. The molecule has 128 valence electrons. The zero-order chi connectivity index (χ0) is 17.8. The maximum Gasteiger partial charge on any atom is 0.335 e. The van der Waals surface area contributed by atoms with Gasteiger partial charge in [-0.3, -0.25) is 0 Å². The van der Waals surface area contributed by atoms with Crippen molar-refractivity contribution < 1.29 is 9.90 Å². The lowest BCUT2D eigenvalue weighted by Gasteiger charge is -2.06. The van der Waals surface area contributed by atoms with Gasteiger partial charge in [0.05, 0.1) is 12.1 Å². The maximum atomic E-state index is 11.1. The van der Waals surface area contributed by atoms with Crippen LogP contribution in [0, 0.1) is 0 Å². The molecule has 0 unspecified atom stereocenters. The molecular weight excluding hydrogens is 314 g/mol. The standard InChI is InChI=1S/C20H21N3O2/c1-14(2)19-21-13-23(22-19)12-16-8-6-15(7-9-16)10-17-4-3-5-18(11-17)20(24)25/h3-9,11,13-14H,10,12H2,1-2H3,(H,24,25). The van der Waals surface area contributed by atoms with Crippen LogP contribution in [0.4, 0.5) is 0 Å². The van der Waals surface area contributed by atoms with Crippen molar-refractivity contribution in [1.82, 2.24) is 14.8 Å². The third-order valence-corrected chi connectivity index (χ3v) is 4.02. The van der Waals surface area contributed by atoms with Gasteiger partial charge in [0.2, 0.25) is 0 Å². The predicted octanol–water partition coefficient (Wildman–Crippen LogP) is 3.74. The van der Waals surface area contributed by atoms with Gasteiger partial charge in [-0.25, -0.2) is 14.5 Å². The smallest absolute Gasteiger partial charge is 0.335 e. The summed E-state index contributed by atoms with van der Waals surface area (Å²) >= 11 is 0. The van der Waals surface area contributed by atoms with Crippen LogP contribution in [0.2, 0.25) is 0 Å². The molecule has 1 aromatic heterocycles. The molecule has 2 aromatic carbocycles. The number of carboxylic acid groups (broad SMARTS) is 1. The number of carboxylic acids is 1. The maximum absolute atomic E-state index is 11.1. The molecule has 0 aliphatic carbocycles. The van der Waals surface area contributed by atoms with Gasteiger partial charge in [-0.2, -0.15) is 5.10 Å². The lowest BCUT2D eigenvalue weighted by molar-refractivity contribution is 0.0696. The second-order valence-corrected chi connectivity index (χ2v) is 6.45. The van der Waals surface area contributed by atoms with Crippen LogP contribution in [0.5, 0.6) is 0 Å². The minimum atomic E-state index is -0.897. The van der Waals surface area contributed by atoms with E-state index in [1.54, 1.807) is 24.5 Å². The van der Waals surface area contributed by atoms with E-state index < -0.39 is 5.97 Å².